The van der Waals surface area contributed by atoms with Crippen molar-refractivity contribution in [1.29, 1.82) is 0 Å². The Kier molecular flexibility index (Phi) is 4.96. The first-order valence-corrected chi connectivity index (χ1v) is 10.1. The van der Waals surface area contributed by atoms with E-state index < -0.39 is 0 Å². The molecule has 0 saturated carbocycles. The molecular formula is C20H16BrN3O2S. The molecule has 1 N–H and O–H groups in total. The van der Waals surface area contributed by atoms with E-state index in [0.717, 1.165) is 31.7 Å². The maximum atomic E-state index is 10.1. The van der Waals surface area contributed by atoms with Crippen LogP contribution in [-0.4, -0.2) is 22.5 Å². The van der Waals surface area contributed by atoms with E-state index in [4.69, 9.17) is 4.42 Å². The van der Waals surface area contributed by atoms with Crippen molar-refractivity contribution >= 4 is 44.5 Å². The third-order valence-electron chi connectivity index (χ3n) is 3.96. The Morgan fingerprint density at radius 2 is 2.07 bits per heavy atom. The maximum Gasteiger partial charge on any atom is 0.206 e. The summed E-state index contributed by atoms with van der Waals surface area (Å²) in [6.45, 7) is 2.63. The molecule has 0 unspecified atom stereocenters. The molecule has 0 bridgehead atoms. The monoisotopic (exact) mass is 441 g/mol. The van der Waals surface area contributed by atoms with Gasteiger partial charge < -0.3 is 9.52 Å². The molecule has 7 heteroatoms. The molecule has 0 radical (unpaired) electrons. The average molecular weight is 442 g/mol. The second-order valence-corrected chi connectivity index (χ2v) is 7.54. The molecule has 2 aromatic heterocycles. The number of aromatic hydroxyl groups is 1. The van der Waals surface area contributed by atoms with Crippen molar-refractivity contribution in [3.8, 4) is 17.2 Å². The first-order chi connectivity index (χ1) is 13.2. The standard InChI is InChI=1S/C20H16BrN3O2S/c1-2-22-20-24(23-11-14-9-15(21)7-8-17(14)25)16(12-27-20)19-10-13-5-3-4-6-18(13)26-19/h3-12,25H,2H2,1H3. The zero-order chi connectivity index (χ0) is 18.8. The minimum Gasteiger partial charge on any atom is -0.507 e. The molecule has 0 amide bonds. The number of para-hydroxylation sites is 1. The molecule has 4 aromatic rings. The summed E-state index contributed by atoms with van der Waals surface area (Å²) in [5.41, 5.74) is 2.25. The molecule has 2 aromatic carbocycles. The van der Waals surface area contributed by atoms with Crippen LogP contribution in [0.3, 0.4) is 0 Å². The van der Waals surface area contributed by atoms with Crippen molar-refractivity contribution in [2.24, 2.45) is 10.1 Å². The van der Waals surface area contributed by atoms with Gasteiger partial charge in [-0.25, -0.2) is 4.68 Å². The predicted octanol–water partition coefficient (Wildman–Crippen LogP) is 5.23. The van der Waals surface area contributed by atoms with Crippen LogP contribution in [0.15, 0.2) is 72.9 Å². The lowest BCUT2D eigenvalue weighted by molar-refractivity contribution is 0.474. The maximum absolute atomic E-state index is 10.1. The van der Waals surface area contributed by atoms with Crippen LogP contribution >= 0.6 is 27.3 Å². The van der Waals surface area contributed by atoms with Gasteiger partial charge in [0.05, 0.1) is 6.21 Å². The lowest BCUT2D eigenvalue weighted by Gasteiger charge is -2.02. The van der Waals surface area contributed by atoms with E-state index >= 15 is 0 Å². The molecule has 136 valence electrons. The number of thiazole rings is 1. The van der Waals surface area contributed by atoms with Crippen molar-refractivity contribution in [3.05, 3.63) is 68.7 Å². The molecule has 0 fully saturated rings. The van der Waals surface area contributed by atoms with Gasteiger partial charge in [-0.15, -0.1) is 11.3 Å². The van der Waals surface area contributed by atoms with Crippen LogP contribution in [0.2, 0.25) is 0 Å². The number of hydrogen-bond acceptors (Lipinski definition) is 5. The van der Waals surface area contributed by atoms with Gasteiger partial charge in [0.2, 0.25) is 4.80 Å². The van der Waals surface area contributed by atoms with Crippen LogP contribution in [0.4, 0.5) is 0 Å². The summed E-state index contributed by atoms with van der Waals surface area (Å²) in [7, 11) is 0. The lowest BCUT2D eigenvalue weighted by atomic mass is 10.2. The fourth-order valence-electron chi connectivity index (χ4n) is 2.68. The molecule has 0 aliphatic rings. The topological polar surface area (TPSA) is 63.0 Å². The number of furan rings is 1. The van der Waals surface area contributed by atoms with Gasteiger partial charge >= 0.3 is 0 Å². The van der Waals surface area contributed by atoms with Crippen LogP contribution in [-0.2, 0) is 0 Å². The Morgan fingerprint density at radius 3 is 2.89 bits per heavy atom. The Hall–Kier alpha value is -2.64. The summed E-state index contributed by atoms with van der Waals surface area (Å²) in [4.78, 5) is 5.28. The minimum absolute atomic E-state index is 0.164. The number of hydrogen-bond donors (Lipinski definition) is 1. The number of halogens is 1. The molecule has 4 rings (SSSR count). The highest BCUT2D eigenvalue weighted by molar-refractivity contribution is 9.10. The first-order valence-electron chi connectivity index (χ1n) is 8.38. The van der Waals surface area contributed by atoms with E-state index in [2.05, 4.69) is 26.0 Å². The Balaban J connectivity index is 1.83. The minimum atomic E-state index is 0.164. The van der Waals surface area contributed by atoms with E-state index in [-0.39, 0.29) is 5.75 Å². The van der Waals surface area contributed by atoms with Gasteiger partial charge in [-0.2, -0.15) is 5.10 Å². The third-order valence-corrected chi connectivity index (χ3v) is 5.31. The second kappa shape index (κ2) is 7.54. The van der Waals surface area contributed by atoms with Crippen molar-refractivity contribution < 1.29 is 9.52 Å². The van der Waals surface area contributed by atoms with Gasteiger partial charge in [-0.3, -0.25) is 4.99 Å². The summed E-state index contributed by atoms with van der Waals surface area (Å²) in [5, 5.41) is 17.6. The van der Waals surface area contributed by atoms with Crippen LogP contribution in [0.1, 0.15) is 12.5 Å². The molecule has 27 heavy (non-hydrogen) atoms. The van der Waals surface area contributed by atoms with Gasteiger partial charge in [-0.05, 0) is 37.3 Å². The van der Waals surface area contributed by atoms with Gasteiger partial charge in [0, 0.05) is 27.3 Å². The zero-order valence-corrected chi connectivity index (χ0v) is 16.9. The van der Waals surface area contributed by atoms with Crippen molar-refractivity contribution in [2.75, 3.05) is 6.54 Å². The summed E-state index contributed by atoms with van der Waals surface area (Å²) in [6.07, 6.45) is 1.62. The molecule has 0 saturated heterocycles. The van der Waals surface area contributed by atoms with Crippen LogP contribution in [0, 0.1) is 0 Å². The smallest absolute Gasteiger partial charge is 0.206 e. The molecule has 5 nitrogen and oxygen atoms in total. The van der Waals surface area contributed by atoms with Crippen LogP contribution in [0.5, 0.6) is 5.75 Å². The van der Waals surface area contributed by atoms with Gasteiger partial charge in [0.25, 0.3) is 0 Å². The number of phenols is 1. The first kappa shape index (κ1) is 17.8. The summed E-state index contributed by atoms with van der Waals surface area (Å²) < 4.78 is 8.61. The SMILES string of the molecule is CCN=c1scc(-c2cc3ccccc3o2)n1N=Cc1cc(Br)ccc1O. The quantitative estimate of drug-likeness (QED) is 0.440. The van der Waals surface area contributed by atoms with E-state index in [0.29, 0.717) is 12.1 Å². The molecular weight excluding hydrogens is 426 g/mol. The molecule has 0 spiro atoms. The second-order valence-electron chi connectivity index (χ2n) is 5.79. The number of rotatable bonds is 4. The largest absolute Gasteiger partial charge is 0.507 e. The average Bonchev–Trinajstić information content (AvgIpc) is 3.26. The molecule has 0 atom stereocenters. The fraction of sp³-hybridized carbons (Fsp3) is 0.100. The van der Waals surface area contributed by atoms with Crippen molar-refractivity contribution in [3.63, 3.8) is 0 Å². The normalized spacial score (nSPS) is 12.4. The number of nitrogens with zero attached hydrogens (tertiary/aromatic N) is 3. The highest BCUT2D eigenvalue weighted by Crippen LogP contribution is 2.28. The Morgan fingerprint density at radius 1 is 1.22 bits per heavy atom. The molecule has 2 heterocycles. The van der Waals surface area contributed by atoms with Crippen LogP contribution in [0.25, 0.3) is 22.4 Å². The number of benzene rings is 2. The van der Waals surface area contributed by atoms with E-state index in [1.54, 1.807) is 23.0 Å². The highest BCUT2D eigenvalue weighted by atomic mass is 79.9. The summed E-state index contributed by atoms with van der Waals surface area (Å²) in [6, 6.07) is 15.1. The highest BCUT2D eigenvalue weighted by Gasteiger charge is 2.12. The Labute approximate surface area is 168 Å². The third kappa shape index (κ3) is 3.61. The van der Waals surface area contributed by atoms with Crippen molar-refractivity contribution in [2.45, 2.75) is 6.92 Å². The number of phenolic OH excluding ortho intramolecular Hbond substituents is 1. The van der Waals surface area contributed by atoms with Crippen LogP contribution < -0.4 is 4.80 Å². The Bertz CT molecular complexity index is 1170. The van der Waals surface area contributed by atoms with E-state index in [1.165, 1.54) is 11.3 Å². The fourth-order valence-corrected chi connectivity index (χ4v) is 3.94. The van der Waals surface area contributed by atoms with Crippen molar-refractivity contribution in [1.82, 2.24) is 4.68 Å². The summed E-state index contributed by atoms with van der Waals surface area (Å²) >= 11 is 4.91. The van der Waals surface area contributed by atoms with Gasteiger partial charge in [0.15, 0.2) is 5.76 Å². The molecule has 0 aliphatic carbocycles. The summed E-state index contributed by atoms with van der Waals surface area (Å²) in [5.74, 6) is 0.887. The predicted molar refractivity (Wildman–Crippen MR) is 112 cm³/mol. The van der Waals surface area contributed by atoms with Gasteiger partial charge in [-0.1, -0.05) is 34.1 Å². The zero-order valence-electron chi connectivity index (χ0n) is 14.5. The van der Waals surface area contributed by atoms with E-state index in [1.807, 2.05) is 48.7 Å². The van der Waals surface area contributed by atoms with Gasteiger partial charge in [0.1, 0.15) is 17.0 Å². The number of fused-ring (bicyclic) bond motifs is 1. The van der Waals surface area contributed by atoms with E-state index in [9.17, 15) is 5.11 Å². The molecule has 0 aliphatic heterocycles. The number of aromatic nitrogens is 1. The lowest BCUT2D eigenvalue weighted by Crippen LogP contribution is -2.12.